The fourth-order valence-electron chi connectivity index (χ4n) is 3.37. The third-order valence-corrected chi connectivity index (χ3v) is 5.10. The van der Waals surface area contributed by atoms with E-state index in [1.807, 2.05) is 43.3 Å². The van der Waals surface area contributed by atoms with Gasteiger partial charge in [-0.25, -0.2) is 15.0 Å². The summed E-state index contributed by atoms with van der Waals surface area (Å²) in [6.45, 7) is 5.22. The smallest absolute Gasteiger partial charge is 0.252 e. The van der Waals surface area contributed by atoms with E-state index in [9.17, 15) is 4.79 Å². The van der Waals surface area contributed by atoms with Gasteiger partial charge in [0.25, 0.3) is 5.91 Å². The summed E-state index contributed by atoms with van der Waals surface area (Å²) in [4.78, 5) is 25.9. The zero-order chi connectivity index (χ0) is 21.9. The van der Waals surface area contributed by atoms with Gasteiger partial charge >= 0.3 is 0 Å². The number of amides is 1. The first-order valence-electron chi connectivity index (χ1n) is 10.9. The molecule has 0 unspecified atom stereocenters. The van der Waals surface area contributed by atoms with Gasteiger partial charge in [-0.15, -0.1) is 0 Å². The Balaban J connectivity index is 1.67. The number of aromatic nitrogens is 3. The average Bonchev–Trinajstić information content (AvgIpc) is 2.81. The zero-order valence-corrected chi connectivity index (χ0v) is 18.3. The summed E-state index contributed by atoms with van der Waals surface area (Å²) in [7, 11) is 0. The first kappa shape index (κ1) is 22.4. The van der Waals surface area contributed by atoms with E-state index >= 15 is 0 Å². The first-order valence-corrected chi connectivity index (χ1v) is 10.9. The summed E-state index contributed by atoms with van der Waals surface area (Å²) >= 11 is 0. The van der Waals surface area contributed by atoms with Gasteiger partial charge in [-0.05, 0) is 31.5 Å². The van der Waals surface area contributed by atoms with Gasteiger partial charge in [-0.1, -0.05) is 49.9 Å². The highest BCUT2D eigenvalue weighted by molar-refractivity contribution is 6.00. The van der Waals surface area contributed by atoms with Gasteiger partial charge < -0.3 is 10.1 Å². The van der Waals surface area contributed by atoms with Gasteiger partial charge in [0.05, 0.1) is 12.2 Å². The van der Waals surface area contributed by atoms with Crippen molar-refractivity contribution >= 4 is 5.91 Å². The molecular formula is C25H30N4O2. The predicted octanol–water partition coefficient (Wildman–Crippen LogP) is 4.85. The van der Waals surface area contributed by atoms with Crippen molar-refractivity contribution in [1.29, 1.82) is 0 Å². The molecular weight excluding hydrogens is 388 g/mol. The van der Waals surface area contributed by atoms with E-state index in [1.54, 1.807) is 24.7 Å². The second kappa shape index (κ2) is 11.8. The van der Waals surface area contributed by atoms with Crippen molar-refractivity contribution in [3.63, 3.8) is 0 Å². The summed E-state index contributed by atoms with van der Waals surface area (Å²) in [5.74, 6) is 1.24. The molecule has 31 heavy (non-hydrogen) atoms. The summed E-state index contributed by atoms with van der Waals surface area (Å²) in [5, 5.41) is 3.10. The third kappa shape index (κ3) is 6.88. The molecule has 1 N–H and O–H groups in total. The summed E-state index contributed by atoms with van der Waals surface area (Å²) in [6, 6.07) is 13.1. The molecule has 0 aliphatic carbocycles. The Hall–Kier alpha value is -3.28. The molecule has 162 valence electrons. The predicted molar refractivity (Wildman–Crippen MR) is 122 cm³/mol. The molecule has 3 aromatic rings. The van der Waals surface area contributed by atoms with Crippen LogP contribution in [-0.2, 0) is 0 Å². The SMILES string of the molecule is CCCCC[C@@H](CNC(=O)c1cc(C)ccc1-c1ncccn1)COc1ccccn1. The number of nitrogens with zero attached hydrogens (tertiary/aromatic N) is 3. The number of hydrogen-bond acceptors (Lipinski definition) is 5. The van der Waals surface area contributed by atoms with Crippen molar-refractivity contribution in [3.05, 3.63) is 72.2 Å². The van der Waals surface area contributed by atoms with Crippen LogP contribution in [0.4, 0.5) is 0 Å². The highest BCUT2D eigenvalue weighted by Crippen LogP contribution is 2.21. The standard InChI is InChI=1S/C25H30N4O2/c1-3-4-5-9-20(18-31-23-10-6-7-13-26-23)17-29-25(30)22-16-19(2)11-12-21(22)24-27-14-8-15-28-24/h6-8,10-16,20H,3-5,9,17-18H2,1-2H3,(H,29,30)/t20-/m0/s1. The van der Waals surface area contributed by atoms with Crippen LogP contribution < -0.4 is 10.1 Å². The molecule has 0 bridgehead atoms. The molecule has 6 nitrogen and oxygen atoms in total. The van der Waals surface area contributed by atoms with Gasteiger partial charge in [-0.2, -0.15) is 0 Å². The lowest BCUT2D eigenvalue weighted by Crippen LogP contribution is -2.32. The van der Waals surface area contributed by atoms with E-state index in [0.29, 0.717) is 30.4 Å². The lowest BCUT2D eigenvalue weighted by Gasteiger charge is -2.19. The normalized spacial score (nSPS) is 11.7. The van der Waals surface area contributed by atoms with Crippen molar-refractivity contribution in [2.24, 2.45) is 5.92 Å². The highest BCUT2D eigenvalue weighted by atomic mass is 16.5. The van der Waals surface area contributed by atoms with Crippen LogP contribution in [-0.4, -0.2) is 34.0 Å². The van der Waals surface area contributed by atoms with E-state index in [4.69, 9.17) is 4.74 Å². The van der Waals surface area contributed by atoms with E-state index in [1.165, 1.54) is 6.42 Å². The number of rotatable bonds is 11. The highest BCUT2D eigenvalue weighted by Gasteiger charge is 2.17. The zero-order valence-electron chi connectivity index (χ0n) is 18.3. The van der Waals surface area contributed by atoms with Crippen LogP contribution in [0.2, 0.25) is 0 Å². The molecule has 1 amide bonds. The number of nitrogens with one attached hydrogen (secondary N) is 1. The van der Waals surface area contributed by atoms with Crippen LogP contribution in [0.25, 0.3) is 11.4 Å². The van der Waals surface area contributed by atoms with Crippen LogP contribution in [0.5, 0.6) is 5.88 Å². The summed E-state index contributed by atoms with van der Waals surface area (Å²) in [5.41, 5.74) is 2.34. The Kier molecular flexibility index (Phi) is 8.52. The maximum absolute atomic E-state index is 13.1. The quantitative estimate of drug-likeness (QED) is 0.450. The lowest BCUT2D eigenvalue weighted by atomic mass is 10.0. The molecule has 2 aromatic heterocycles. The Morgan fingerprint density at radius 1 is 1.03 bits per heavy atom. The third-order valence-electron chi connectivity index (χ3n) is 5.10. The van der Waals surface area contributed by atoms with Crippen molar-refractivity contribution in [1.82, 2.24) is 20.3 Å². The van der Waals surface area contributed by atoms with Crippen molar-refractivity contribution in [2.75, 3.05) is 13.2 Å². The van der Waals surface area contributed by atoms with Gasteiger partial charge in [0.15, 0.2) is 5.82 Å². The molecule has 6 heteroatoms. The second-order valence-electron chi connectivity index (χ2n) is 7.67. The van der Waals surface area contributed by atoms with Crippen LogP contribution in [0.1, 0.15) is 48.5 Å². The summed E-state index contributed by atoms with van der Waals surface area (Å²) in [6.07, 6.45) is 9.50. The molecule has 1 atom stereocenters. The number of benzene rings is 1. The Morgan fingerprint density at radius 2 is 1.84 bits per heavy atom. The Bertz CT molecular complexity index is 948. The molecule has 0 saturated heterocycles. The number of carbonyl (C=O) groups excluding carboxylic acids is 1. The number of unbranched alkanes of at least 4 members (excludes halogenated alkanes) is 2. The minimum Gasteiger partial charge on any atom is -0.477 e. The fourth-order valence-corrected chi connectivity index (χ4v) is 3.37. The van der Waals surface area contributed by atoms with E-state index in [-0.39, 0.29) is 11.8 Å². The van der Waals surface area contributed by atoms with Crippen LogP contribution in [0.15, 0.2) is 61.1 Å². The molecule has 0 spiro atoms. The molecule has 0 radical (unpaired) electrons. The number of ether oxygens (including phenoxy) is 1. The number of pyridine rings is 1. The molecule has 3 rings (SSSR count). The van der Waals surface area contributed by atoms with Crippen LogP contribution in [0, 0.1) is 12.8 Å². The van der Waals surface area contributed by atoms with Gasteiger partial charge in [0.2, 0.25) is 5.88 Å². The van der Waals surface area contributed by atoms with Gasteiger partial charge in [0.1, 0.15) is 0 Å². The van der Waals surface area contributed by atoms with E-state index < -0.39 is 0 Å². The fraction of sp³-hybridized carbons (Fsp3) is 0.360. The largest absolute Gasteiger partial charge is 0.477 e. The molecule has 2 heterocycles. The number of hydrogen-bond donors (Lipinski definition) is 1. The van der Waals surface area contributed by atoms with Crippen molar-refractivity contribution in [2.45, 2.75) is 39.5 Å². The van der Waals surface area contributed by atoms with Gasteiger partial charge in [-0.3, -0.25) is 4.79 Å². The molecule has 0 saturated carbocycles. The monoisotopic (exact) mass is 418 g/mol. The maximum Gasteiger partial charge on any atom is 0.252 e. The number of aryl methyl sites for hydroxylation is 1. The van der Waals surface area contributed by atoms with Gasteiger partial charge in [0, 0.05) is 42.7 Å². The van der Waals surface area contributed by atoms with E-state index in [2.05, 4.69) is 27.2 Å². The molecule has 0 aliphatic heterocycles. The molecule has 0 fully saturated rings. The first-order chi connectivity index (χ1) is 15.2. The Labute approximate surface area is 184 Å². The van der Waals surface area contributed by atoms with Crippen molar-refractivity contribution in [3.8, 4) is 17.3 Å². The van der Waals surface area contributed by atoms with Crippen LogP contribution >= 0.6 is 0 Å². The van der Waals surface area contributed by atoms with Crippen LogP contribution in [0.3, 0.4) is 0 Å². The molecule has 0 aliphatic rings. The summed E-state index contributed by atoms with van der Waals surface area (Å²) < 4.78 is 5.87. The minimum absolute atomic E-state index is 0.121. The topological polar surface area (TPSA) is 77.0 Å². The number of carbonyl (C=O) groups is 1. The van der Waals surface area contributed by atoms with E-state index in [0.717, 1.165) is 30.4 Å². The molecule has 1 aromatic carbocycles. The lowest BCUT2D eigenvalue weighted by molar-refractivity contribution is 0.0940. The minimum atomic E-state index is -0.121. The maximum atomic E-state index is 13.1. The van der Waals surface area contributed by atoms with Crippen molar-refractivity contribution < 1.29 is 9.53 Å². The second-order valence-corrected chi connectivity index (χ2v) is 7.67. The average molecular weight is 419 g/mol. The Morgan fingerprint density at radius 3 is 2.58 bits per heavy atom.